The van der Waals surface area contributed by atoms with Crippen LogP contribution in [0.5, 0.6) is 0 Å². The second-order valence-corrected chi connectivity index (χ2v) is 5.73. The molecule has 0 spiro atoms. The summed E-state index contributed by atoms with van der Waals surface area (Å²) in [5.74, 6) is 5.94. The van der Waals surface area contributed by atoms with Gasteiger partial charge in [-0.05, 0) is 29.3 Å². The summed E-state index contributed by atoms with van der Waals surface area (Å²) in [6, 6.07) is 19.0. The zero-order valence-corrected chi connectivity index (χ0v) is 14.6. The smallest absolute Gasteiger partial charge is 0.306 e. The molecular formula is C21H19N3O2. The number of carbonyl (C=O) groups is 1. The molecule has 1 amide bonds. The van der Waals surface area contributed by atoms with Crippen LogP contribution in [-0.2, 0) is 17.8 Å². The molecule has 0 saturated carbocycles. The summed E-state index contributed by atoms with van der Waals surface area (Å²) in [4.78, 5) is 18.5. The molecule has 5 heteroatoms. The zero-order chi connectivity index (χ0) is 18.2. The molecule has 0 aliphatic rings. The van der Waals surface area contributed by atoms with Crippen LogP contribution in [0.2, 0.25) is 0 Å². The van der Waals surface area contributed by atoms with Gasteiger partial charge >= 0.3 is 5.91 Å². The van der Waals surface area contributed by atoms with E-state index in [1.807, 2.05) is 67.6 Å². The van der Waals surface area contributed by atoms with Crippen LogP contribution in [0.1, 0.15) is 30.4 Å². The Morgan fingerprint density at radius 1 is 1.08 bits per heavy atom. The van der Waals surface area contributed by atoms with Gasteiger partial charge in [0, 0.05) is 17.9 Å². The predicted molar refractivity (Wildman–Crippen MR) is 99.2 cm³/mol. The highest BCUT2D eigenvalue weighted by molar-refractivity contribution is 6.05. The quantitative estimate of drug-likeness (QED) is 0.663. The minimum absolute atomic E-state index is 0.240. The van der Waals surface area contributed by atoms with E-state index in [9.17, 15) is 4.79 Å². The lowest BCUT2D eigenvalue weighted by Crippen LogP contribution is -2.30. The number of hydrogen-bond acceptors (Lipinski definition) is 4. The van der Waals surface area contributed by atoms with Crippen molar-refractivity contribution in [2.45, 2.75) is 26.3 Å². The monoisotopic (exact) mass is 345 g/mol. The maximum Gasteiger partial charge on any atom is 0.306 e. The molecule has 0 aliphatic carbocycles. The van der Waals surface area contributed by atoms with Crippen molar-refractivity contribution in [3.63, 3.8) is 0 Å². The Bertz CT molecular complexity index is 908. The van der Waals surface area contributed by atoms with Gasteiger partial charge in [0.2, 0.25) is 5.89 Å². The Balaban J connectivity index is 1.86. The Morgan fingerprint density at radius 2 is 1.77 bits per heavy atom. The highest BCUT2D eigenvalue weighted by atomic mass is 16.5. The van der Waals surface area contributed by atoms with Gasteiger partial charge in [0.1, 0.15) is 0 Å². The number of benzene rings is 2. The van der Waals surface area contributed by atoms with E-state index in [1.165, 1.54) is 4.90 Å². The van der Waals surface area contributed by atoms with E-state index >= 15 is 0 Å². The number of rotatable bonds is 5. The Kier molecular flexibility index (Phi) is 5.79. The Labute approximate surface area is 152 Å². The summed E-state index contributed by atoms with van der Waals surface area (Å²) >= 11 is 0. The third kappa shape index (κ3) is 4.58. The molecule has 0 bridgehead atoms. The molecular weight excluding hydrogens is 326 g/mol. The lowest BCUT2D eigenvalue weighted by Gasteiger charge is -2.15. The third-order valence-electron chi connectivity index (χ3n) is 3.68. The average Bonchev–Trinajstić information content (AvgIpc) is 3.14. The first-order valence-electron chi connectivity index (χ1n) is 8.51. The predicted octanol–water partition coefficient (Wildman–Crippen LogP) is 3.61. The normalized spacial score (nSPS) is 10.0. The molecule has 0 saturated heterocycles. The molecule has 2 aromatic carbocycles. The SMILES string of the molecule is CCCc1nc(N(Cc2ccccc2)C(=O)C#Cc2ccccc2)no1. The van der Waals surface area contributed by atoms with Crippen molar-refractivity contribution in [3.05, 3.63) is 77.7 Å². The van der Waals surface area contributed by atoms with Crippen LogP contribution in [0.4, 0.5) is 5.95 Å². The number of carbonyl (C=O) groups excluding carboxylic acids is 1. The van der Waals surface area contributed by atoms with Gasteiger partial charge in [-0.15, -0.1) is 0 Å². The first-order chi connectivity index (χ1) is 12.8. The lowest BCUT2D eigenvalue weighted by molar-refractivity contribution is -0.113. The summed E-state index contributed by atoms with van der Waals surface area (Å²) in [7, 11) is 0. The van der Waals surface area contributed by atoms with Crippen LogP contribution in [0.25, 0.3) is 0 Å². The van der Waals surface area contributed by atoms with Gasteiger partial charge in [-0.1, -0.05) is 61.4 Å². The van der Waals surface area contributed by atoms with E-state index in [4.69, 9.17) is 4.52 Å². The minimum atomic E-state index is -0.374. The van der Waals surface area contributed by atoms with Crippen LogP contribution in [0.3, 0.4) is 0 Å². The minimum Gasteiger partial charge on any atom is -0.337 e. The van der Waals surface area contributed by atoms with Crippen molar-refractivity contribution in [2.75, 3.05) is 4.90 Å². The maximum absolute atomic E-state index is 12.7. The molecule has 0 fully saturated rings. The maximum atomic E-state index is 12.7. The highest BCUT2D eigenvalue weighted by Crippen LogP contribution is 2.15. The molecule has 1 aromatic heterocycles. The first-order valence-corrected chi connectivity index (χ1v) is 8.51. The molecule has 0 N–H and O–H groups in total. The Morgan fingerprint density at radius 3 is 2.46 bits per heavy atom. The lowest BCUT2D eigenvalue weighted by atomic mass is 10.2. The van der Waals surface area contributed by atoms with E-state index < -0.39 is 0 Å². The third-order valence-corrected chi connectivity index (χ3v) is 3.68. The summed E-state index contributed by atoms with van der Waals surface area (Å²) in [6.07, 6.45) is 1.57. The fraction of sp³-hybridized carbons (Fsp3) is 0.190. The van der Waals surface area contributed by atoms with Crippen LogP contribution in [-0.4, -0.2) is 16.0 Å². The molecule has 5 nitrogen and oxygen atoms in total. The molecule has 1 heterocycles. The van der Waals surface area contributed by atoms with E-state index in [0.29, 0.717) is 18.9 Å². The zero-order valence-electron chi connectivity index (χ0n) is 14.6. The summed E-state index contributed by atoms with van der Waals surface area (Å²) < 4.78 is 5.23. The number of aryl methyl sites for hydroxylation is 1. The second-order valence-electron chi connectivity index (χ2n) is 5.73. The molecule has 130 valence electrons. The van der Waals surface area contributed by atoms with Crippen LogP contribution in [0, 0.1) is 11.8 Å². The molecule has 26 heavy (non-hydrogen) atoms. The molecule has 0 aliphatic heterocycles. The largest absolute Gasteiger partial charge is 0.337 e. The second kappa shape index (κ2) is 8.63. The van der Waals surface area contributed by atoms with Gasteiger partial charge < -0.3 is 4.52 Å². The Hall–Kier alpha value is -3.39. The number of nitrogens with zero attached hydrogens (tertiary/aromatic N) is 3. The van der Waals surface area contributed by atoms with Gasteiger partial charge in [-0.3, -0.25) is 9.69 Å². The van der Waals surface area contributed by atoms with E-state index in [1.54, 1.807) is 0 Å². The molecule has 3 rings (SSSR count). The number of anilines is 1. The van der Waals surface area contributed by atoms with Crippen molar-refractivity contribution in [1.82, 2.24) is 10.1 Å². The molecule has 3 aromatic rings. The molecule has 0 radical (unpaired) electrons. The summed E-state index contributed by atoms with van der Waals surface area (Å²) in [5, 5.41) is 3.96. The average molecular weight is 345 g/mol. The fourth-order valence-corrected chi connectivity index (χ4v) is 2.38. The van der Waals surface area contributed by atoms with Crippen LogP contribution >= 0.6 is 0 Å². The number of aromatic nitrogens is 2. The summed E-state index contributed by atoms with van der Waals surface area (Å²) in [5.41, 5.74) is 1.74. The standard InChI is InChI=1S/C21H19N3O2/c1-2-9-19-22-21(23-26-19)24(16-18-12-7-4-8-13-18)20(25)15-14-17-10-5-3-6-11-17/h3-8,10-13H,2,9,16H2,1H3. The van der Waals surface area contributed by atoms with Crippen molar-refractivity contribution in [3.8, 4) is 11.8 Å². The number of hydrogen-bond donors (Lipinski definition) is 0. The molecule has 0 atom stereocenters. The van der Waals surface area contributed by atoms with Crippen molar-refractivity contribution in [2.24, 2.45) is 0 Å². The van der Waals surface area contributed by atoms with Gasteiger partial charge in [-0.25, -0.2) is 0 Å². The van der Waals surface area contributed by atoms with Crippen molar-refractivity contribution < 1.29 is 9.32 Å². The summed E-state index contributed by atoms with van der Waals surface area (Å²) in [6.45, 7) is 2.36. The van der Waals surface area contributed by atoms with Gasteiger partial charge in [0.05, 0.1) is 6.54 Å². The van der Waals surface area contributed by atoms with Crippen molar-refractivity contribution in [1.29, 1.82) is 0 Å². The first kappa shape index (κ1) is 17.4. The van der Waals surface area contributed by atoms with Crippen LogP contribution in [0.15, 0.2) is 65.2 Å². The van der Waals surface area contributed by atoms with Crippen LogP contribution < -0.4 is 4.90 Å². The van der Waals surface area contributed by atoms with Gasteiger partial charge in [-0.2, -0.15) is 4.98 Å². The van der Waals surface area contributed by atoms with Crippen molar-refractivity contribution >= 4 is 11.9 Å². The molecule has 0 unspecified atom stereocenters. The fourth-order valence-electron chi connectivity index (χ4n) is 2.38. The highest BCUT2D eigenvalue weighted by Gasteiger charge is 2.20. The van der Waals surface area contributed by atoms with Gasteiger partial charge in [0.25, 0.3) is 5.95 Å². The van der Waals surface area contributed by atoms with E-state index in [0.717, 1.165) is 17.5 Å². The number of amides is 1. The van der Waals surface area contributed by atoms with Gasteiger partial charge in [0.15, 0.2) is 0 Å². The van der Waals surface area contributed by atoms with E-state index in [2.05, 4.69) is 22.0 Å². The topological polar surface area (TPSA) is 59.2 Å². The van der Waals surface area contributed by atoms with E-state index in [-0.39, 0.29) is 11.9 Å².